The van der Waals surface area contributed by atoms with Gasteiger partial charge in [0.2, 0.25) is 5.90 Å². The van der Waals surface area contributed by atoms with Gasteiger partial charge in [-0.2, -0.15) is 11.8 Å². The average molecular weight is 681 g/mol. The molecule has 0 spiro atoms. The van der Waals surface area contributed by atoms with Gasteiger partial charge in [-0.15, -0.1) is 0 Å². The van der Waals surface area contributed by atoms with Crippen LogP contribution in [-0.2, 0) is 21.7 Å². The number of nitrogens with zero attached hydrogens (tertiary/aromatic N) is 7. The van der Waals surface area contributed by atoms with E-state index in [1.165, 1.54) is 12.1 Å². The van der Waals surface area contributed by atoms with Gasteiger partial charge in [0.05, 0.1) is 6.61 Å². The molecule has 1 heterocycles. The summed E-state index contributed by atoms with van der Waals surface area (Å²) < 4.78 is 25.6. The van der Waals surface area contributed by atoms with Gasteiger partial charge in [-0.05, 0) is 58.6 Å². The van der Waals surface area contributed by atoms with E-state index in [-0.39, 0.29) is 30.4 Å². The lowest BCUT2D eigenvalue weighted by molar-refractivity contribution is -0.128. The van der Waals surface area contributed by atoms with Crippen molar-refractivity contribution in [3.63, 3.8) is 0 Å². The van der Waals surface area contributed by atoms with Gasteiger partial charge in [-0.1, -0.05) is 70.9 Å². The minimum absolute atomic E-state index is 0.0152. The van der Waals surface area contributed by atoms with E-state index in [0.717, 1.165) is 5.56 Å². The van der Waals surface area contributed by atoms with Crippen LogP contribution in [0, 0.1) is 5.82 Å². The molecule has 0 bridgehead atoms. The molecule has 250 valence electrons. The molecule has 0 unspecified atom stereocenters. The highest BCUT2D eigenvalue weighted by Gasteiger charge is 2.54. The topological polar surface area (TPSA) is 178 Å². The van der Waals surface area contributed by atoms with Crippen LogP contribution in [0.3, 0.4) is 0 Å². The second-order valence-corrected chi connectivity index (χ2v) is 12.1. The number of hydrogen-bond acceptors (Lipinski definition) is 8. The minimum Gasteiger partial charge on any atom is -0.494 e. The van der Waals surface area contributed by atoms with Gasteiger partial charge in [-0.3, -0.25) is 4.79 Å². The second kappa shape index (κ2) is 17.0. The fraction of sp³-hybridized carbons (Fsp3) is 0.257. The van der Waals surface area contributed by atoms with Crippen LogP contribution < -0.4 is 10.1 Å². The fourth-order valence-corrected chi connectivity index (χ4v) is 6.18. The smallest absolute Gasteiger partial charge is 0.252 e. The number of thioether (sulfide) groups is 1. The number of nitrogens with one attached hydrogen (secondary N) is 1. The Morgan fingerprint density at radius 1 is 0.980 bits per heavy atom. The van der Waals surface area contributed by atoms with Crippen molar-refractivity contribution in [3.05, 3.63) is 146 Å². The number of carbonyl (C=O) groups is 1. The molecule has 49 heavy (non-hydrogen) atoms. The summed E-state index contributed by atoms with van der Waals surface area (Å²) in [5, 5.41) is 19.9. The molecular formula is C35H33FN8O4S. The van der Waals surface area contributed by atoms with Crippen LogP contribution in [-0.4, -0.2) is 48.0 Å². The van der Waals surface area contributed by atoms with Crippen molar-refractivity contribution in [1.29, 1.82) is 0 Å². The molecule has 4 aromatic rings. The van der Waals surface area contributed by atoms with E-state index >= 15 is 0 Å². The number of aliphatic imine (C=N–C) groups is 1. The zero-order valence-electron chi connectivity index (χ0n) is 26.4. The van der Waals surface area contributed by atoms with Crippen LogP contribution in [0.5, 0.6) is 5.75 Å². The van der Waals surface area contributed by atoms with Crippen molar-refractivity contribution >= 4 is 34.9 Å². The molecule has 1 aliphatic rings. The molecule has 4 aromatic carbocycles. The molecule has 0 fully saturated rings. The van der Waals surface area contributed by atoms with Crippen LogP contribution >= 0.6 is 11.8 Å². The van der Waals surface area contributed by atoms with E-state index in [1.54, 1.807) is 96.7 Å². The predicted octanol–water partition coefficient (Wildman–Crippen LogP) is 8.02. The first-order valence-electron chi connectivity index (χ1n) is 15.5. The summed E-state index contributed by atoms with van der Waals surface area (Å²) in [4.78, 5) is 25.5. The molecule has 2 N–H and O–H groups in total. The molecule has 5 rings (SSSR count). The second-order valence-electron chi connectivity index (χ2n) is 11.0. The molecule has 0 aliphatic carbocycles. The molecule has 1 aliphatic heterocycles. The van der Waals surface area contributed by atoms with E-state index in [1.807, 2.05) is 0 Å². The normalized spacial score (nSPS) is 16.4. The Morgan fingerprint density at radius 3 is 2.41 bits per heavy atom. The fourth-order valence-electron chi connectivity index (χ4n) is 5.36. The Bertz CT molecular complexity index is 1880. The van der Waals surface area contributed by atoms with Crippen molar-refractivity contribution in [3.8, 4) is 5.75 Å². The number of azide groups is 2. The third kappa shape index (κ3) is 8.69. The molecule has 0 saturated carbocycles. The first-order valence-corrected chi connectivity index (χ1v) is 16.6. The maximum absolute atomic E-state index is 14.5. The lowest BCUT2D eigenvalue weighted by Crippen LogP contribution is -2.50. The van der Waals surface area contributed by atoms with Gasteiger partial charge in [0.25, 0.3) is 5.91 Å². The summed E-state index contributed by atoms with van der Waals surface area (Å²) in [7, 11) is 0. The van der Waals surface area contributed by atoms with Gasteiger partial charge < -0.3 is 19.9 Å². The van der Waals surface area contributed by atoms with Crippen molar-refractivity contribution in [2.45, 2.75) is 30.2 Å². The zero-order chi connectivity index (χ0) is 34.5. The standard InChI is InChI=1S/C35H33FN8O4S/c36-27-14-10-24(11-15-27)23-49-21-18-39-34(46)35(22-26-6-1-3-8-30(26)41-43-37)32(29-7-2-4-9-31(29)42-44-38)48-33(40-35)25-12-16-28(17-13-25)47-20-5-19-45/h1-4,6-17,32,45H,5,18-23H2,(H,39,46)/t32-,35-/m1/s1. The van der Waals surface area contributed by atoms with Crippen LogP contribution in [0.25, 0.3) is 20.9 Å². The summed E-state index contributed by atoms with van der Waals surface area (Å²) in [6.45, 7) is 0.656. The third-order valence-corrected chi connectivity index (χ3v) is 8.75. The van der Waals surface area contributed by atoms with Gasteiger partial charge in [0.15, 0.2) is 11.6 Å². The first-order chi connectivity index (χ1) is 24.0. The van der Waals surface area contributed by atoms with E-state index in [9.17, 15) is 20.2 Å². The van der Waals surface area contributed by atoms with Gasteiger partial charge >= 0.3 is 0 Å². The van der Waals surface area contributed by atoms with Gasteiger partial charge in [0, 0.05) is 69.8 Å². The number of ether oxygens (including phenoxy) is 2. The summed E-state index contributed by atoms with van der Waals surface area (Å²) in [6, 6.07) is 27.1. The van der Waals surface area contributed by atoms with E-state index < -0.39 is 17.6 Å². The molecular weight excluding hydrogens is 648 g/mol. The zero-order valence-corrected chi connectivity index (χ0v) is 27.2. The monoisotopic (exact) mass is 680 g/mol. The molecule has 0 saturated heterocycles. The summed E-state index contributed by atoms with van der Waals surface area (Å²) in [5.41, 5.74) is 20.2. The van der Waals surface area contributed by atoms with Crippen LogP contribution in [0.15, 0.2) is 112 Å². The lowest BCUT2D eigenvalue weighted by atomic mass is 9.81. The number of halogens is 1. The van der Waals surface area contributed by atoms with Gasteiger partial charge in [0.1, 0.15) is 11.6 Å². The highest BCUT2D eigenvalue weighted by molar-refractivity contribution is 7.98. The maximum Gasteiger partial charge on any atom is 0.252 e. The predicted molar refractivity (Wildman–Crippen MR) is 187 cm³/mol. The molecule has 14 heteroatoms. The minimum atomic E-state index is -1.63. The van der Waals surface area contributed by atoms with Crippen molar-refractivity contribution in [1.82, 2.24) is 5.32 Å². The molecule has 12 nitrogen and oxygen atoms in total. The molecule has 0 radical (unpaired) electrons. The summed E-state index contributed by atoms with van der Waals surface area (Å²) >= 11 is 1.58. The first kappa shape index (κ1) is 34.8. The van der Waals surface area contributed by atoms with Crippen LogP contribution in [0.2, 0.25) is 0 Å². The largest absolute Gasteiger partial charge is 0.494 e. The Balaban J connectivity index is 1.52. The number of aliphatic hydroxyl groups is 1. The quantitative estimate of drug-likeness (QED) is 0.0526. The van der Waals surface area contributed by atoms with E-state index in [0.29, 0.717) is 59.2 Å². The van der Waals surface area contributed by atoms with Crippen molar-refractivity contribution in [2.75, 3.05) is 25.5 Å². The third-order valence-electron chi connectivity index (χ3n) is 7.72. The average Bonchev–Trinajstić information content (AvgIpc) is 3.51. The van der Waals surface area contributed by atoms with Crippen LogP contribution in [0.4, 0.5) is 15.8 Å². The number of amides is 1. The highest BCUT2D eigenvalue weighted by atomic mass is 32.2. The summed E-state index contributed by atoms with van der Waals surface area (Å²) in [6.07, 6.45) is -0.572. The van der Waals surface area contributed by atoms with Gasteiger partial charge in [-0.25, -0.2) is 9.38 Å². The highest BCUT2D eigenvalue weighted by Crippen LogP contribution is 2.46. The SMILES string of the molecule is [N-]=[N+]=Nc1ccccc1C[C@@]1(C(=O)NCCSCc2ccc(F)cc2)N=C(c2ccc(OCCCO)cc2)O[C@@H]1c1ccccc1N=[N+]=[N-]. The molecule has 2 atom stereocenters. The Hall–Kier alpha value is -5.52. The Labute approximate surface area is 286 Å². The van der Waals surface area contributed by atoms with E-state index in [4.69, 9.17) is 19.6 Å². The molecule has 1 amide bonds. The van der Waals surface area contributed by atoms with Crippen molar-refractivity contribution in [2.24, 2.45) is 15.2 Å². The number of hydrogen-bond donors (Lipinski definition) is 2. The molecule has 0 aromatic heterocycles. The lowest BCUT2D eigenvalue weighted by Gasteiger charge is -2.31. The number of aliphatic hydroxyl groups excluding tert-OH is 1. The van der Waals surface area contributed by atoms with Crippen molar-refractivity contribution < 1.29 is 23.8 Å². The van der Waals surface area contributed by atoms with E-state index in [2.05, 4.69) is 25.4 Å². The number of carbonyl (C=O) groups excluding carboxylic acids is 1. The number of benzene rings is 4. The number of rotatable bonds is 16. The summed E-state index contributed by atoms with van der Waals surface area (Å²) in [5.74, 6) is 1.23. The maximum atomic E-state index is 14.5. The Kier molecular flexibility index (Phi) is 12.1. The van der Waals surface area contributed by atoms with Crippen LogP contribution in [0.1, 0.15) is 34.8 Å². The Morgan fingerprint density at radius 2 is 1.67 bits per heavy atom.